The van der Waals surface area contributed by atoms with Crippen molar-refractivity contribution in [3.8, 4) is 5.75 Å². The van der Waals surface area contributed by atoms with Gasteiger partial charge < -0.3 is 4.74 Å². The smallest absolute Gasteiger partial charge is 0.154 e. The molecule has 1 aromatic rings. The van der Waals surface area contributed by atoms with E-state index in [0.717, 1.165) is 6.07 Å². The molecule has 0 atom stereocenters. The first-order chi connectivity index (χ1) is 6.61. The number of hydrogen-bond acceptors (Lipinski definition) is 3. The summed E-state index contributed by atoms with van der Waals surface area (Å²) >= 11 is 5.54. The third kappa shape index (κ3) is 1.95. The summed E-state index contributed by atoms with van der Waals surface area (Å²) in [6, 6.07) is 0.972. The van der Waals surface area contributed by atoms with E-state index in [9.17, 15) is 8.78 Å². The van der Waals surface area contributed by atoms with E-state index < -0.39 is 11.6 Å². The molecule has 0 heterocycles. The monoisotopic (exact) mass is 223 g/mol. The molecule has 0 aromatic heterocycles. The first kappa shape index (κ1) is 11.2. The summed E-state index contributed by atoms with van der Waals surface area (Å²) in [6.07, 6.45) is 0. The molecule has 0 unspecified atom stereocenters. The standard InChI is InChI=1S/C8H8ClF2NO2/c1-13-6-2-5(10)4(3-14-12)8(11)7(6)9/h2H,3,12H2,1H3. The van der Waals surface area contributed by atoms with Crippen molar-refractivity contribution in [2.24, 2.45) is 5.90 Å². The molecule has 0 saturated carbocycles. The summed E-state index contributed by atoms with van der Waals surface area (Å²) in [5.41, 5.74) is -0.321. The van der Waals surface area contributed by atoms with E-state index in [1.54, 1.807) is 0 Å². The SMILES string of the molecule is COc1cc(F)c(CON)c(F)c1Cl. The van der Waals surface area contributed by atoms with Crippen LogP contribution in [0.25, 0.3) is 0 Å². The van der Waals surface area contributed by atoms with Gasteiger partial charge in [0.25, 0.3) is 0 Å². The van der Waals surface area contributed by atoms with Crippen LogP contribution in [-0.4, -0.2) is 7.11 Å². The summed E-state index contributed by atoms with van der Waals surface area (Å²) in [5, 5.41) is -0.291. The van der Waals surface area contributed by atoms with E-state index >= 15 is 0 Å². The van der Waals surface area contributed by atoms with Gasteiger partial charge in [0.2, 0.25) is 0 Å². The number of halogens is 3. The summed E-state index contributed by atoms with van der Waals surface area (Å²) in [7, 11) is 1.26. The Morgan fingerprint density at radius 1 is 1.50 bits per heavy atom. The number of hydrogen-bond donors (Lipinski definition) is 1. The average Bonchev–Trinajstić information content (AvgIpc) is 2.18. The predicted octanol–water partition coefficient (Wildman–Crippen LogP) is 2.02. The molecule has 0 amide bonds. The molecule has 0 spiro atoms. The van der Waals surface area contributed by atoms with Gasteiger partial charge in [-0.25, -0.2) is 14.7 Å². The number of ether oxygens (including phenoxy) is 1. The highest BCUT2D eigenvalue weighted by Gasteiger charge is 2.17. The van der Waals surface area contributed by atoms with Gasteiger partial charge in [-0.1, -0.05) is 11.6 Å². The van der Waals surface area contributed by atoms with Crippen molar-refractivity contribution in [1.82, 2.24) is 0 Å². The molecule has 2 N–H and O–H groups in total. The molecule has 14 heavy (non-hydrogen) atoms. The second kappa shape index (κ2) is 4.54. The van der Waals surface area contributed by atoms with Crippen LogP contribution >= 0.6 is 11.6 Å². The molecule has 0 saturated heterocycles. The summed E-state index contributed by atoms with van der Waals surface area (Å²) in [6.45, 7) is -0.388. The van der Waals surface area contributed by atoms with Crippen molar-refractivity contribution >= 4 is 11.6 Å². The fraction of sp³-hybridized carbons (Fsp3) is 0.250. The lowest BCUT2D eigenvalue weighted by Crippen LogP contribution is -2.05. The average molecular weight is 224 g/mol. The number of methoxy groups -OCH3 is 1. The Hall–Kier alpha value is -0.910. The molecule has 1 rings (SSSR count). The van der Waals surface area contributed by atoms with E-state index in [1.165, 1.54) is 7.11 Å². The van der Waals surface area contributed by atoms with Gasteiger partial charge in [0.1, 0.15) is 16.6 Å². The molecule has 78 valence electrons. The van der Waals surface area contributed by atoms with Gasteiger partial charge in [-0.3, -0.25) is 4.84 Å². The zero-order chi connectivity index (χ0) is 10.7. The Bertz CT molecular complexity index is 347. The van der Waals surface area contributed by atoms with Gasteiger partial charge in [-0.05, 0) is 0 Å². The van der Waals surface area contributed by atoms with Crippen LogP contribution in [0.4, 0.5) is 8.78 Å². The minimum atomic E-state index is -0.922. The first-order valence-electron chi connectivity index (χ1n) is 3.63. The van der Waals surface area contributed by atoms with Crippen molar-refractivity contribution in [2.75, 3.05) is 7.11 Å². The normalized spacial score (nSPS) is 10.4. The van der Waals surface area contributed by atoms with Crippen molar-refractivity contribution in [2.45, 2.75) is 6.61 Å². The highest BCUT2D eigenvalue weighted by molar-refractivity contribution is 6.32. The second-order valence-electron chi connectivity index (χ2n) is 2.48. The van der Waals surface area contributed by atoms with Crippen LogP contribution in [0.5, 0.6) is 5.75 Å². The highest BCUT2D eigenvalue weighted by atomic mass is 35.5. The van der Waals surface area contributed by atoms with Gasteiger partial charge >= 0.3 is 0 Å². The molecule has 0 radical (unpaired) electrons. The number of benzene rings is 1. The lowest BCUT2D eigenvalue weighted by atomic mass is 10.2. The Balaban J connectivity index is 3.26. The number of rotatable bonds is 3. The fourth-order valence-electron chi connectivity index (χ4n) is 0.975. The summed E-state index contributed by atoms with van der Waals surface area (Å²) in [5.74, 6) is 2.91. The molecule has 6 heteroatoms. The Morgan fingerprint density at radius 2 is 2.14 bits per heavy atom. The van der Waals surface area contributed by atoms with Crippen LogP contribution in [0.3, 0.4) is 0 Å². The van der Waals surface area contributed by atoms with Gasteiger partial charge in [-0.2, -0.15) is 0 Å². The molecule has 0 bridgehead atoms. The minimum absolute atomic E-state index is 0.0672. The third-order valence-corrected chi connectivity index (χ3v) is 2.02. The Labute approximate surface area is 84.3 Å². The molecule has 0 aliphatic rings. The van der Waals surface area contributed by atoms with Crippen LogP contribution in [0.2, 0.25) is 5.02 Å². The second-order valence-corrected chi connectivity index (χ2v) is 2.86. The van der Waals surface area contributed by atoms with Crippen LogP contribution < -0.4 is 10.6 Å². The number of nitrogens with two attached hydrogens (primary N) is 1. The lowest BCUT2D eigenvalue weighted by Gasteiger charge is -2.08. The van der Waals surface area contributed by atoms with E-state index in [4.69, 9.17) is 17.5 Å². The van der Waals surface area contributed by atoms with E-state index in [1.807, 2.05) is 0 Å². The lowest BCUT2D eigenvalue weighted by molar-refractivity contribution is 0.118. The van der Waals surface area contributed by atoms with Crippen molar-refractivity contribution < 1.29 is 18.4 Å². The molecular formula is C8H8ClF2NO2. The summed E-state index contributed by atoms with van der Waals surface area (Å²) in [4.78, 5) is 4.14. The maximum atomic E-state index is 13.3. The molecule has 1 aromatic carbocycles. The molecule has 0 aliphatic heterocycles. The van der Waals surface area contributed by atoms with Gasteiger partial charge in [-0.15, -0.1) is 0 Å². The zero-order valence-electron chi connectivity index (χ0n) is 7.31. The third-order valence-electron chi connectivity index (χ3n) is 1.67. The van der Waals surface area contributed by atoms with Crippen LogP contribution in [-0.2, 0) is 11.4 Å². The molecular weight excluding hydrogens is 216 g/mol. The van der Waals surface area contributed by atoms with Crippen molar-refractivity contribution in [3.05, 3.63) is 28.3 Å². The molecule has 3 nitrogen and oxygen atoms in total. The van der Waals surface area contributed by atoms with Crippen LogP contribution in [0, 0.1) is 11.6 Å². The maximum Gasteiger partial charge on any atom is 0.154 e. The van der Waals surface area contributed by atoms with E-state index in [0.29, 0.717) is 0 Å². The van der Waals surface area contributed by atoms with Crippen LogP contribution in [0.15, 0.2) is 6.07 Å². The highest BCUT2D eigenvalue weighted by Crippen LogP contribution is 2.31. The maximum absolute atomic E-state index is 13.3. The summed E-state index contributed by atoms with van der Waals surface area (Å²) < 4.78 is 31.1. The first-order valence-corrected chi connectivity index (χ1v) is 4.01. The van der Waals surface area contributed by atoms with E-state index in [2.05, 4.69) is 9.57 Å². The Morgan fingerprint density at radius 3 is 2.64 bits per heavy atom. The van der Waals surface area contributed by atoms with Crippen LogP contribution in [0.1, 0.15) is 5.56 Å². The predicted molar refractivity (Wildman–Crippen MR) is 46.9 cm³/mol. The zero-order valence-corrected chi connectivity index (χ0v) is 8.07. The van der Waals surface area contributed by atoms with Gasteiger partial charge in [0.15, 0.2) is 5.82 Å². The quantitative estimate of drug-likeness (QED) is 0.630. The van der Waals surface area contributed by atoms with Gasteiger partial charge in [0.05, 0.1) is 19.3 Å². The van der Waals surface area contributed by atoms with Gasteiger partial charge in [0, 0.05) is 6.07 Å². The molecule has 0 aliphatic carbocycles. The topological polar surface area (TPSA) is 44.5 Å². The van der Waals surface area contributed by atoms with Crippen molar-refractivity contribution in [3.63, 3.8) is 0 Å². The largest absolute Gasteiger partial charge is 0.495 e. The Kier molecular flexibility index (Phi) is 3.62. The van der Waals surface area contributed by atoms with E-state index in [-0.39, 0.29) is 22.9 Å². The molecule has 0 fully saturated rings. The minimum Gasteiger partial charge on any atom is -0.495 e. The van der Waals surface area contributed by atoms with Crippen molar-refractivity contribution in [1.29, 1.82) is 0 Å². The fourth-order valence-corrected chi connectivity index (χ4v) is 1.22.